The normalized spacial score (nSPS) is 11.8. The summed E-state index contributed by atoms with van der Waals surface area (Å²) < 4.78 is 4.55. The molecule has 0 spiro atoms. The molecule has 0 aromatic carbocycles. The van der Waals surface area contributed by atoms with Crippen LogP contribution in [0.25, 0.3) is 0 Å². The summed E-state index contributed by atoms with van der Waals surface area (Å²) in [6.45, 7) is 7.76. The molecule has 1 unspecified atom stereocenters. The molecule has 2 nitrogen and oxygen atoms in total. The van der Waals surface area contributed by atoms with Crippen LogP contribution in [0.15, 0.2) is 0 Å². The molecule has 3 heteroatoms. The van der Waals surface area contributed by atoms with Crippen molar-refractivity contribution in [3.63, 3.8) is 0 Å². The summed E-state index contributed by atoms with van der Waals surface area (Å²) in [5.41, 5.74) is -0.373. The Bertz CT molecular complexity index is 130. The van der Waals surface area contributed by atoms with Gasteiger partial charge in [-0.15, -0.1) is 0 Å². The summed E-state index contributed by atoms with van der Waals surface area (Å²) in [5.74, 6) is 0.132. The molecule has 0 N–H and O–H groups in total. The number of carbonyl (C=O) groups excluding carboxylic acids is 1. The molecule has 0 aromatic rings. The van der Waals surface area contributed by atoms with Gasteiger partial charge in [0.2, 0.25) is 0 Å². The molecule has 60 valence electrons. The topological polar surface area (TPSA) is 26.3 Å². The molecule has 0 heterocycles. The quantitative estimate of drug-likeness (QED) is 0.580. The Balaban J connectivity index is 4.24. The molecule has 0 aromatic heterocycles. The highest BCUT2D eigenvalue weighted by atomic mass is 31.0. The Hall–Kier alpha value is -0.100. The molecule has 0 bridgehead atoms. The minimum atomic E-state index is -0.373. The van der Waals surface area contributed by atoms with Gasteiger partial charge in [0.15, 0.2) is 0 Å². The predicted octanol–water partition coefficient (Wildman–Crippen LogP) is 2.00. The predicted molar refractivity (Wildman–Crippen MR) is 44.4 cm³/mol. The number of hydrogen-bond donors (Lipinski definition) is 0. The fraction of sp³-hybridized carbons (Fsp3) is 0.857. The van der Waals surface area contributed by atoms with Crippen LogP contribution >= 0.6 is 9.47 Å². The van der Waals surface area contributed by atoms with Crippen molar-refractivity contribution in [2.45, 2.75) is 27.7 Å². The highest BCUT2D eigenvalue weighted by molar-refractivity contribution is 7.10. The zero-order valence-electron chi connectivity index (χ0n) is 6.97. The van der Waals surface area contributed by atoms with Gasteiger partial charge >= 0.3 is 5.97 Å². The molecule has 0 aliphatic heterocycles. The van der Waals surface area contributed by atoms with E-state index in [0.29, 0.717) is 5.92 Å². The molecule has 0 aliphatic carbocycles. The van der Waals surface area contributed by atoms with Gasteiger partial charge in [-0.1, -0.05) is 13.8 Å². The lowest BCUT2D eigenvalue weighted by Gasteiger charge is -2.25. The van der Waals surface area contributed by atoms with E-state index in [-0.39, 0.29) is 11.4 Å². The Morgan fingerprint density at radius 1 is 1.50 bits per heavy atom. The number of carbonyl (C=O) groups is 1. The lowest BCUT2D eigenvalue weighted by atomic mass is 9.81. The minimum absolute atomic E-state index is 0.174. The smallest absolute Gasteiger partial charge is 0.313 e. The van der Waals surface area contributed by atoms with Crippen LogP contribution in [0.1, 0.15) is 27.7 Å². The third-order valence-electron chi connectivity index (χ3n) is 2.08. The molecular formula is C7H15O2P. The van der Waals surface area contributed by atoms with Crippen molar-refractivity contribution < 1.29 is 9.32 Å². The van der Waals surface area contributed by atoms with Crippen LogP contribution < -0.4 is 0 Å². The van der Waals surface area contributed by atoms with Crippen LogP contribution in [0.5, 0.6) is 0 Å². The summed E-state index contributed by atoms with van der Waals surface area (Å²) in [4.78, 5) is 11.0. The van der Waals surface area contributed by atoms with Crippen LogP contribution in [-0.4, -0.2) is 5.97 Å². The van der Waals surface area contributed by atoms with Crippen molar-refractivity contribution in [3.05, 3.63) is 0 Å². The molecule has 0 rings (SSSR count). The van der Waals surface area contributed by atoms with Gasteiger partial charge in [0.25, 0.3) is 0 Å². The minimum Gasteiger partial charge on any atom is -0.451 e. The van der Waals surface area contributed by atoms with E-state index in [1.165, 1.54) is 0 Å². The zero-order valence-corrected chi connectivity index (χ0v) is 8.13. The van der Waals surface area contributed by atoms with E-state index >= 15 is 0 Å². The second-order valence-electron chi connectivity index (χ2n) is 3.28. The summed E-state index contributed by atoms with van der Waals surface area (Å²) >= 11 is 0. The van der Waals surface area contributed by atoms with Crippen molar-refractivity contribution in [3.8, 4) is 0 Å². The Morgan fingerprint density at radius 3 is 2.00 bits per heavy atom. The Morgan fingerprint density at radius 2 is 1.90 bits per heavy atom. The molecule has 0 saturated carbocycles. The third-order valence-corrected chi connectivity index (χ3v) is 2.29. The number of hydrogen-bond acceptors (Lipinski definition) is 2. The second-order valence-corrected chi connectivity index (χ2v) is 3.52. The van der Waals surface area contributed by atoms with Crippen LogP contribution in [0.3, 0.4) is 0 Å². The SMILES string of the molecule is CC(C)C(C)(C)C(=O)OP. The number of rotatable bonds is 2. The van der Waals surface area contributed by atoms with Gasteiger partial charge in [-0.2, -0.15) is 0 Å². The lowest BCUT2D eigenvalue weighted by molar-refractivity contribution is -0.145. The average Bonchev–Trinajstić information content (AvgIpc) is 1.86. The van der Waals surface area contributed by atoms with Crippen LogP contribution in [0, 0.1) is 11.3 Å². The molecule has 0 fully saturated rings. The van der Waals surface area contributed by atoms with Crippen molar-refractivity contribution in [2.75, 3.05) is 0 Å². The van der Waals surface area contributed by atoms with Gasteiger partial charge in [0.05, 0.1) is 14.9 Å². The molecule has 0 radical (unpaired) electrons. The molecular weight excluding hydrogens is 147 g/mol. The molecule has 0 saturated heterocycles. The third kappa shape index (κ3) is 1.95. The van der Waals surface area contributed by atoms with E-state index in [4.69, 9.17) is 0 Å². The van der Waals surface area contributed by atoms with E-state index in [0.717, 1.165) is 0 Å². The highest BCUT2D eigenvalue weighted by Crippen LogP contribution is 2.28. The van der Waals surface area contributed by atoms with E-state index in [1.807, 2.05) is 37.2 Å². The first kappa shape index (κ1) is 9.90. The molecule has 0 amide bonds. The molecule has 10 heavy (non-hydrogen) atoms. The van der Waals surface area contributed by atoms with E-state index in [9.17, 15) is 4.79 Å². The van der Waals surface area contributed by atoms with Crippen LogP contribution in [0.4, 0.5) is 0 Å². The van der Waals surface area contributed by atoms with Gasteiger partial charge in [0.1, 0.15) is 0 Å². The fourth-order valence-corrected chi connectivity index (χ4v) is 0.691. The van der Waals surface area contributed by atoms with E-state index < -0.39 is 0 Å². The first-order valence-electron chi connectivity index (χ1n) is 3.34. The van der Waals surface area contributed by atoms with Crippen LogP contribution in [0.2, 0.25) is 0 Å². The summed E-state index contributed by atoms with van der Waals surface area (Å²) in [6, 6.07) is 0. The fourth-order valence-electron chi connectivity index (χ4n) is 0.388. The van der Waals surface area contributed by atoms with E-state index in [1.54, 1.807) is 0 Å². The maximum absolute atomic E-state index is 11.0. The monoisotopic (exact) mass is 162 g/mol. The zero-order chi connectivity index (χ0) is 8.36. The first-order valence-corrected chi connectivity index (χ1v) is 3.81. The maximum Gasteiger partial charge on any atom is 0.313 e. The van der Waals surface area contributed by atoms with Gasteiger partial charge in [0, 0.05) is 0 Å². The Labute approximate surface area is 64.6 Å². The van der Waals surface area contributed by atoms with Gasteiger partial charge in [-0.25, -0.2) is 0 Å². The van der Waals surface area contributed by atoms with Crippen LogP contribution in [-0.2, 0) is 9.32 Å². The Kier molecular flexibility index (Phi) is 3.30. The van der Waals surface area contributed by atoms with Crippen molar-refractivity contribution in [1.29, 1.82) is 0 Å². The lowest BCUT2D eigenvalue weighted by Crippen LogP contribution is -2.29. The first-order chi connectivity index (χ1) is 4.42. The summed E-state index contributed by atoms with van der Waals surface area (Å²) in [7, 11) is 1.98. The standard InChI is InChI=1S/C7H15O2P/c1-5(2)7(3,4)6(8)9-10/h5H,10H2,1-4H3. The van der Waals surface area contributed by atoms with Crippen molar-refractivity contribution >= 4 is 15.4 Å². The molecule has 0 aliphatic rings. The van der Waals surface area contributed by atoms with E-state index in [2.05, 4.69) is 4.52 Å². The summed E-state index contributed by atoms with van der Waals surface area (Å²) in [5, 5.41) is 0. The molecule has 1 atom stereocenters. The van der Waals surface area contributed by atoms with Gasteiger partial charge in [-0.05, 0) is 19.8 Å². The summed E-state index contributed by atoms with van der Waals surface area (Å²) in [6.07, 6.45) is 0. The average molecular weight is 162 g/mol. The van der Waals surface area contributed by atoms with Crippen molar-refractivity contribution in [1.82, 2.24) is 0 Å². The largest absolute Gasteiger partial charge is 0.451 e. The van der Waals surface area contributed by atoms with Gasteiger partial charge < -0.3 is 4.52 Å². The van der Waals surface area contributed by atoms with Crippen molar-refractivity contribution in [2.24, 2.45) is 11.3 Å². The maximum atomic E-state index is 11.0. The van der Waals surface area contributed by atoms with Gasteiger partial charge in [-0.3, -0.25) is 4.79 Å². The second kappa shape index (κ2) is 3.34. The highest BCUT2D eigenvalue weighted by Gasteiger charge is 2.31.